The number of nitrogens with zero attached hydrogens (tertiary/aromatic N) is 1. The average molecular weight is 577 g/mol. The quantitative estimate of drug-likeness (QED) is 0.324. The summed E-state index contributed by atoms with van der Waals surface area (Å²) in [4.78, 5) is 23.5. The van der Waals surface area contributed by atoms with Crippen molar-refractivity contribution in [3.63, 3.8) is 0 Å². The maximum atomic E-state index is 13.8. The monoisotopic (exact) mass is 576 g/mol. The van der Waals surface area contributed by atoms with Crippen molar-refractivity contribution >= 4 is 22.4 Å². The molecule has 0 fully saturated rings. The predicted octanol–water partition coefficient (Wildman–Crippen LogP) is 3.91. The van der Waals surface area contributed by atoms with Gasteiger partial charge in [0, 0.05) is 25.6 Å². The van der Waals surface area contributed by atoms with Crippen LogP contribution in [0.3, 0.4) is 0 Å². The van der Waals surface area contributed by atoms with Gasteiger partial charge in [0.1, 0.15) is 11.9 Å². The van der Waals surface area contributed by atoms with Crippen LogP contribution >= 0.6 is 0 Å². The smallest absolute Gasteiger partial charge is 0.407 e. The normalized spacial score (nSPS) is 15.3. The summed E-state index contributed by atoms with van der Waals surface area (Å²) >= 11 is 0. The maximum absolute atomic E-state index is 13.8. The first-order chi connectivity index (χ1) is 18.9. The molecule has 0 aliphatic carbocycles. The first-order valence-electron chi connectivity index (χ1n) is 13.4. The number of aliphatic hydroxyl groups excluding tert-OH is 1. The molecule has 11 heteroatoms. The molecule has 0 spiro atoms. The number of alkyl carbamates (subject to hydrolysis) is 1. The van der Waals surface area contributed by atoms with Crippen molar-refractivity contribution in [2.75, 3.05) is 19.9 Å². The van der Waals surface area contributed by atoms with Crippen molar-refractivity contribution in [3.8, 4) is 11.5 Å². The number of hydrogen-bond donors (Lipinski definition) is 2. The fraction of sp³-hybridized carbons (Fsp3) is 0.517. The van der Waals surface area contributed by atoms with E-state index in [-0.39, 0.29) is 37.1 Å². The van der Waals surface area contributed by atoms with E-state index in [1.165, 1.54) is 16.4 Å². The van der Waals surface area contributed by atoms with Crippen molar-refractivity contribution in [1.29, 1.82) is 0 Å². The number of carbonyl (C=O) groups excluding carboxylic acids is 2. The minimum atomic E-state index is -4.07. The minimum Gasteiger partial charge on any atom is -0.454 e. The molecule has 40 heavy (non-hydrogen) atoms. The van der Waals surface area contributed by atoms with Crippen LogP contribution in [0.1, 0.15) is 52.5 Å². The molecular formula is C29H40N2O8S. The molecule has 220 valence electrons. The Morgan fingerprint density at radius 3 is 2.50 bits per heavy atom. The Morgan fingerprint density at radius 2 is 1.82 bits per heavy atom. The summed E-state index contributed by atoms with van der Waals surface area (Å²) in [6.45, 7) is 7.01. The van der Waals surface area contributed by atoms with Crippen LogP contribution in [-0.4, -0.2) is 67.8 Å². The van der Waals surface area contributed by atoms with Crippen LogP contribution in [0.4, 0.5) is 4.79 Å². The van der Waals surface area contributed by atoms with Crippen LogP contribution in [0.25, 0.3) is 0 Å². The van der Waals surface area contributed by atoms with Crippen molar-refractivity contribution in [2.24, 2.45) is 5.92 Å². The number of hydrogen-bond acceptors (Lipinski definition) is 8. The van der Waals surface area contributed by atoms with Gasteiger partial charge in [-0.25, -0.2) is 13.2 Å². The molecule has 2 N–H and O–H groups in total. The number of fused-ring (bicyclic) bond motifs is 1. The summed E-state index contributed by atoms with van der Waals surface area (Å²) in [5.74, 6) is 0.865. The third kappa shape index (κ3) is 9.21. The molecule has 0 radical (unpaired) electrons. The Kier molecular flexibility index (Phi) is 11.0. The molecule has 0 aromatic heterocycles. The van der Waals surface area contributed by atoms with Crippen molar-refractivity contribution in [2.45, 2.75) is 76.0 Å². The predicted molar refractivity (Wildman–Crippen MR) is 150 cm³/mol. The standard InChI is InChI=1S/C29H40N2O8S/c1-21(9-8-16-32)14-15-31(40(35,36)23-12-13-26-27(18-23)38-20-37-26)19-25(33)24(17-22-10-6-5-7-11-22)30-28(34)39-29(2,3)4/h5-7,10-13,16,18,21,24-25,33H,8-9,14-15,17,19-20H2,1-4H3,(H,30,34)/t21?,24-,25+/m0/s1. The summed E-state index contributed by atoms with van der Waals surface area (Å²) in [6.07, 6.45) is 0.625. The lowest BCUT2D eigenvalue weighted by molar-refractivity contribution is -0.108. The Morgan fingerprint density at radius 1 is 1.12 bits per heavy atom. The molecule has 2 aromatic rings. The highest BCUT2D eigenvalue weighted by atomic mass is 32.2. The van der Waals surface area contributed by atoms with Gasteiger partial charge in [-0.1, -0.05) is 37.3 Å². The average Bonchev–Trinajstić information content (AvgIpc) is 3.37. The fourth-order valence-corrected chi connectivity index (χ4v) is 5.79. The third-order valence-electron chi connectivity index (χ3n) is 6.49. The molecule has 1 amide bonds. The van der Waals surface area contributed by atoms with Crippen molar-refractivity contribution in [1.82, 2.24) is 9.62 Å². The number of sulfonamides is 1. The van der Waals surface area contributed by atoms with Gasteiger partial charge in [-0.15, -0.1) is 0 Å². The second kappa shape index (κ2) is 14.0. The molecule has 1 aliphatic heterocycles. The van der Waals surface area contributed by atoms with Crippen LogP contribution < -0.4 is 14.8 Å². The zero-order valence-corrected chi connectivity index (χ0v) is 24.4. The van der Waals surface area contributed by atoms with Crippen LogP contribution in [-0.2, 0) is 26.0 Å². The Hall–Kier alpha value is -3.15. The lowest BCUT2D eigenvalue weighted by Crippen LogP contribution is -2.51. The van der Waals surface area contributed by atoms with Crippen molar-refractivity contribution < 1.29 is 37.3 Å². The van der Waals surface area contributed by atoms with Gasteiger partial charge in [0.25, 0.3) is 0 Å². The van der Waals surface area contributed by atoms with Crippen LogP contribution in [0.5, 0.6) is 11.5 Å². The number of benzene rings is 2. The number of nitrogens with one attached hydrogen (secondary N) is 1. The molecule has 0 bridgehead atoms. The number of aliphatic hydroxyl groups is 1. The number of ether oxygens (including phenoxy) is 3. The van der Waals surface area contributed by atoms with Gasteiger partial charge < -0.3 is 29.4 Å². The van der Waals surface area contributed by atoms with Gasteiger partial charge in [0.2, 0.25) is 16.8 Å². The first-order valence-corrected chi connectivity index (χ1v) is 14.9. The molecular weight excluding hydrogens is 536 g/mol. The zero-order valence-electron chi connectivity index (χ0n) is 23.5. The van der Waals surface area contributed by atoms with Crippen LogP contribution in [0.2, 0.25) is 0 Å². The van der Waals surface area contributed by atoms with Crippen LogP contribution in [0, 0.1) is 5.92 Å². The van der Waals surface area contributed by atoms with Gasteiger partial charge >= 0.3 is 6.09 Å². The summed E-state index contributed by atoms with van der Waals surface area (Å²) in [7, 11) is -4.07. The Bertz CT molecular complexity index is 1230. The molecule has 3 atom stereocenters. The van der Waals surface area contributed by atoms with Crippen molar-refractivity contribution in [3.05, 3.63) is 54.1 Å². The molecule has 0 saturated heterocycles. The van der Waals surface area contributed by atoms with E-state index >= 15 is 0 Å². The van der Waals surface area contributed by atoms with Gasteiger partial charge in [0.05, 0.1) is 17.0 Å². The molecule has 1 unspecified atom stereocenters. The maximum Gasteiger partial charge on any atom is 0.407 e. The van der Waals surface area contributed by atoms with E-state index in [9.17, 15) is 23.1 Å². The fourth-order valence-electron chi connectivity index (χ4n) is 4.30. The van der Waals surface area contributed by atoms with Gasteiger partial charge in [-0.2, -0.15) is 4.31 Å². The summed E-state index contributed by atoms with van der Waals surface area (Å²) in [5.41, 5.74) is 0.105. The highest BCUT2D eigenvalue weighted by Crippen LogP contribution is 2.35. The molecule has 2 aromatic carbocycles. The Labute approximate surface area is 236 Å². The second-order valence-electron chi connectivity index (χ2n) is 11.0. The first kappa shape index (κ1) is 31.4. The highest BCUT2D eigenvalue weighted by Gasteiger charge is 2.33. The molecule has 1 heterocycles. The number of amides is 1. The van der Waals surface area contributed by atoms with E-state index in [1.54, 1.807) is 26.8 Å². The van der Waals surface area contributed by atoms with Gasteiger partial charge in [-0.3, -0.25) is 0 Å². The summed E-state index contributed by atoms with van der Waals surface area (Å²) in [6, 6.07) is 12.9. The van der Waals surface area contributed by atoms with E-state index in [1.807, 2.05) is 37.3 Å². The summed E-state index contributed by atoms with van der Waals surface area (Å²) < 4.78 is 45.0. The van der Waals surface area contributed by atoms with E-state index < -0.39 is 33.9 Å². The molecule has 3 rings (SSSR count). The molecule has 10 nitrogen and oxygen atoms in total. The van der Waals surface area contributed by atoms with E-state index in [2.05, 4.69) is 5.32 Å². The number of aldehydes is 1. The van der Waals surface area contributed by atoms with Gasteiger partial charge in [-0.05, 0) is 63.6 Å². The third-order valence-corrected chi connectivity index (χ3v) is 8.35. The lowest BCUT2D eigenvalue weighted by Gasteiger charge is -2.31. The Balaban J connectivity index is 1.87. The minimum absolute atomic E-state index is 0.00389. The molecule has 0 saturated carbocycles. The second-order valence-corrected chi connectivity index (χ2v) is 13.0. The van der Waals surface area contributed by atoms with E-state index in [4.69, 9.17) is 14.2 Å². The topological polar surface area (TPSA) is 131 Å². The van der Waals surface area contributed by atoms with E-state index in [0.29, 0.717) is 30.8 Å². The van der Waals surface area contributed by atoms with Crippen LogP contribution in [0.15, 0.2) is 53.4 Å². The SMILES string of the molecule is CC(CCC=O)CCN(C[C@@H](O)[C@H](Cc1ccccc1)NC(=O)OC(C)(C)C)S(=O)(=O)c1ccc2c(c1)OCO2. The lowest BCUT2D eigenvalue weighted by atomic mass is 10.0. The summed E-state index contributed by atoms with van der Waals surface area (Å²) in [5, 5.41) is 14.1. The largest absolute Gasteiger partial charge is 0.454 e. The molecule has 1 aliphatic rings. The zero-order chi connectivity index (χ0) is 29.3. The van der Waals surface area contributed by atoms with Gasteiger partial charge in [0.15, 0.2) is 11.5 Å². The van der Waals surface area contributed by atoms with E-state index in [0.717, 1.165) is 11.8 Å². The number of rotatable bonds is 14. The highest BCUT2D eigenvalue weighted by molar-refractivity contribution is 7.89. The number of carbonyl (C=O) groups is 2.